The Morgan fingerprint density at radius 2 is 1.87 bits per heavy atom. The molecule has 6 nitrogen and oxygen atoms in total. The average molecular weight is 454 g/mol. The second kappa shape index (κ2) is 8.75. The lowest BCUT2D eigenvalue weighted by Crippen LogP contribution is -2.27. The lowest BCUT2D eigenvalue weighted by molar-refractivity contribution is 0.0998. The normalized spacial score (nSPS) is 12.8. The zero-order chi connectivity index (χ0) is 22.1. The van der Waals surface area contributed by atoms with Crippen molar-refractivity contribution in [2.45, 2.75) is 24.7 Å². The topological polar surface area (TPSA) is 71.7 Å². The van der Waals surface area contributed by atoms with Crippen LogP contribution < -0.4 is 4.80 Å². The van der Waals surface area contributed by atoms with Crippen LogP contribution in [-0.2, 0) is 17.1 Å². The molecule has 0 spiro atoms. The third-order valence-electron chi connectivity index (χ3n) is 4.65. The summed E-state index contributed by atoms with van der Waals surface area (Å²) in [6.45, 7) is 2.39. The quantitative estimate of drug-likeness (QED) is 0.572. The van der Waals surface area contributed by atoms with Crippen molar-refractivity contribution in [3.8, 4) is 0 Å². The summed E-state index contributed by atoms with van der Waals surface area (Å²) in [5.41, 5.74) is 0.346. The second-order valence-corrected chi connectivity index (χ2v) is 9.85. The summed E-state index contributed by atoms with van der Waals surface area (Å²) >= 11 is 0.987. The number of benzene rings is 2. The van der Waals surface area contributed by atoms with Crippen molar-refractivity contribution < 1.29 is 22.0 Å². The number of rotatable bonds is 6. The Hall–Kier alpha value is -2.43. The predicted octanol–water partition coefficient (Wildman–Crippen LogP) is 3.68. The Morgan fingerprint density at radius 1 is 1.20 bits per heavy atom. The molecule has 0 N–H and O–H groups in total. The van der Waals surface area contributed by atoms with E-state index >= 15 is 0 Å². The van der Waals surface area contributed by atoms with E-state index in [0.717, 1.165) is 30.2 Å². The average Bonchev–Trinajstić information content (AvgIpc) is 3.01. The number of sulfonamides is 1. The van der Waals surface area contributed by atoms with Crippen LogP contribution in [-0.4, -0.2) is 36.8 Å². The summed E-state index contributed by atoms with van der Waals surface area (Å²) < 4.78 is 55.6. The van der Waals surface area contributed by atoms with Crippen molar-refractivity contribution in [2.75, 3.05) is 13.6 Å². The molecule has 0 saturated heterocycles. The van der Waals surface area contributed by atoms with Crippen LogP contribution in [0.1, 0.15) is 30.1 Å². The molecule has 3 aromatic rings. The highest BCUT2D eigenvalue weighted by molar-refractivity contribution is 7.89. The molecule has 30 heavy (non-hydrogen) atoms. The second-order valence-electron chi connectivity index (χ2n) is 6.80. The van der Waals surface area contributed by atoms with Crippen LogP contribution in [0.25, 0.3) is 10.2 Å². The van der Waals surface area contributed by atoms with Gasteiger partial charge in [0, 0.05) is 32.3 Å². The van der Waals surface area contributed by atoms with Crippen LogP contribution in [0.2, 0.25) is 0 Å². The number of unbranched alkanes of at least 4 members (excludes halogenated alkanes) is 1. The maximum atomic E-state index is 14.0. The molecule has 1 amide bonds. The van der Waals surface area contributed by atoms with Gasteiger partial charge in [-0.05, 0) is 36.8 Å². The van der Waals surface area contributed by atoms with Gasteiger partial charge in [0.2, 0.25) is 10.0 Å². The van der Waals surface area contributed by atoms with Gasteiger partial charge in [0.05, 0.1) is 15.1 Å². The van der Waals surface area contributed by atoms with E-state index in [1.807, 2.05) is 6.92 Å². The number of nitrogens with zero attached hydrogens (tertiary/aromatic N) is 3. The first-order chi connectivity index (χ1) is 14.1. The van der Waals surface area contributed by atoms with Crippen LogP contribution in [0.5, 0.6) is 0 Å². The number of aryl methyl sites for hydroxylation is 1. The molecule has 0 atom stereocenters. The van der Waals surface area contributed by atoms with E-state index in [1.165, 1.54) is 53.3 Å². The molecule has 0 aliphatic rings. The highest BCUT2D eigenvalue weighted by atomic mass is 32.2. The fraction of sp³-hybridized carbons (Fsp3) is 0.300. The SMILES string of the molecule is CCCCN(C)S(=O)(=O)c1ccc(C(=O)N=c2sc3cc(F)cc(F)c3n2C)cc1. The van der Waals surface area contributed by atoms with Crippen LogP contribution in [0.4, 0.5) is 8.78 Å². The number of aromatic nitrogens is 1. The molecule has 2 aromatic carbocycles. The van der Waals surface area contributed by atoms with E-state index < -0.39 is 27.6 Å². The molecular weight excluding hydrogens is 432 g/mol. The van der Waals surface area contributed by atoms with E-state index in [9.17, 15) is 22.0 Å². The van der Waals surface area contributed by atoms with Crippen LogP contribution in [0.15, 0.2) is 46.3 Å². The molecule has 0 aliphatic carbocycles. The van der Waals surface area contributed by atoms with Crippen molar-refractivity contribution >= 4 is 37.5 Å². The van der Waals surface area contributed by atoms with Gasteiger partial charge in [-0.25, -0.2) is 21.5 Å². The van der Waals surface area contributed by atoms with Gasteiger partial charge < -0.3 is 4.57 Å². The molecule has 0 fully saturated rings. The summed E-state index contributed by atoms with van der Waals surface area (Å²) in [6, 6.07) is 7.46. The van der Waals surface area contributed by atoms with E-state index in [-0.39, 0.29) is 20.8 Å². The zero-order valence-corrected chi connectivity index (χ0v) is 18.4. The summed E-state index contributed by atoms with van der Waals surface area (Å²) in [4.78, 5) is 16.8. The van der Waals surface area contributed by atoms with E-state index in [1.54, 1.807) is 0 Å². The number of hydrogen-bond acceptors (Lipinski definition) is 4. The van der Waals surface area contributed by atoms with Crippen LogP contribution in [0, 0.1) is 11.6 Å². The standard InChI is InChI=1S/C20H21F2N3O3S2/c1-4-5-10-24(2)30(27,28)15-8-6-13(7-9-15)19(26)23-20-25(3)18-16(22)11-14(21)12-17(18)29-20/h6-9,11-12H,4-5,10H2,1-3H3. The van der Waals surface area contributed by atoms with E-state index in [0.29, 0.717) is 11.2 Å². The Kier molecular flexibility index (Phi) is 6.49. The van der Waals surface area contributed by atoms with Gasteiger partial charge in [0.25, 0.3) is 5.91 Å². The molecule has 0 saturated carbocycles. The monoisotopic (exact) mass is 453 g/mol. The van der Waals surface area contributed by atoms with Crippen molar-refractivity contribution in [2.24, 2.45) is 12.0 Å². The first-order valence-electron chi connectivity index (χ1n) is 9.25. The Morgan fingerprint density at radius 3 is 2.50 bits per heavy atom. The lowest BCUT2D eigenvalue weighted by Gasteiger charge is -2.16. The Labute approximate surface area is 177 Å². The number of hydrogen-bond donors (Lipinski definition) is 0. The summed E-state index contributed by atoms with van der Waals surface area (Å²) in [6.07, 6.45) is 1.63. The van der Waals surface area contributed by atoms with E-state index in [4.69, 9.17) is 0 Å². The molecule has 160 valence electrons. The van der Waals surface area contributed by atoms with E-state index in [2.05, 4.69) is 4.99 Å². The maximum absolute atomic E-state index is 14.0. The summed E-state index contributed by atoms with van der Waals surface area (Å²) in [5.74, 6) is -2.05. The Bertz CT molecular complexity index is 1260. The van der Waals surface area contributed by atoms with Gasteiger partial charge in [-0.1, -0.05) is 24.7 Å². The van der Waals surface area contributed by atoms with Crippen LogP contribution in [0.3, 0.4) is 0 Å². The molecule has 10 heteroatoms. The number of carbonyl (C=O) groups excluding carboxylic acids is 1. The summed E-state index contributed by atoms with van der Waals surface area (Å²) in [5, 5.41) is 0. The highest BCUT2D eigenvalue weighted by Crippen LogP contribution is 2.21. The van der Waals surface area contributed by atoms with Gasteiger partial charge >= 0.3 is 0 Å². The van der Waals surface area contributed by atoms with Crippen molar-refractivity contribution in [3.63, 3.8) is 0 Å². The molecule has 0 aliphatic heterocycles. The summed E-state index contributed by atoms with van der Waals surface area (Å²) in [7, 11) is -0.581. The third-order valence-corrected chi connectivity index (χ3v) is 7.60. The molecule has 3 rings (SSSR count). The highest BCUT2D eigenvalue weighted by Gasteiger charge is 2.20. The minimum Gasteiger partial charge on any atom is -0.317 e. The van der Waals surface area contributed by atoms with Gasteiger partial charge in [-0.2, -0.15) is 4.99 Å². The van der Waals surface area contributed by atoms with Crippen molar-refractivity contribution in [1.82, 2.24) is 8.87 Å². The number of fused-ring (bicyclic) bond motifs is 1. The molecular formula is C20H21F2N3O3S2. The first-order valence-corrected chi connectivity index (χ1v) is 11.5. The molecule has 1 heterocycles. The number of amides is 1. The fourth-order valence-corrected chi connectivity index (χ4v) is 5.17. The van der Waals surface area contributed by atoms with Gasteiger partial charge in [-0.3, -0.25) is 4.79 Å². The van der Waals surface area contributed by atoms with Gasteiger partial charge in [0.15, 0.2) is 10.6 Å². The molecule has 0 unspecified atom stereocenters. The smallest absolute Gasteiger partial charge is 0.279 e. The van der Waals surface area contributed by atoms with Crippen molar-refractivity contribution in [3.05, 3.63) is 58.4 Å². The number of halogens is 2. The largest absolute Gasteiger partial charge is 0.317 e. The molecule has 0 radical (unpaired) electrons. The minimum atomic E-state index is -3.63. The fourth-order valence-electron chi connectivity index (χ4n) is 2.91. The Balaban J connectivity index is 1.91. The first kappa shape index (κ1) is 22.3. The maximum Gasteiger partial charge on any atom is 0.279 e. The molecule has 0 bridgehead atoms. The molecule has 1 aromatic heterocycles. The van der Waals surface area contributed by atoms with Gasteiger partial charge in [-0.15, -0.1) is 0 Å². The lowest BCUT2D eigenvalue weighted by atomic mass is 10.2. The third kappa shape index (κ3) is 4.35. The minimum absolute atomic E-state index is 0.0858. The van der Waals surface area contributed by atoms with Crippen LogP contribution >= 0.6 is 11.3 Å². The number of thiazole rings is 1. The van der Waals surface area contributed by atoms with Gasteiger partial charge in [0.1, 0.15) is 5.82 Å². The van der Waals surface area contributed by atoms with Crippen molar-refractivity contribution in [1.29, 1.82) is 0 Å². The number of carbonyl (C=O) groups is 1. The predicted molar refractivity (Wildman–Crippen MR) is 112 cm³/mol. The zero-order valence-electron chi connectivity index (χ0n) is 16.7.